The van der Waals surface area contributed by atoms with Gasteiger partial charge in [-0.2, -0.15) is 0 Å². The standard InChI is InChI=1S/C27H33N3O5/c1-4-18(3)28-26(32)24(29-25(31)20-8-9-22-23(15-20)35-16-34-22)19-10-12-30(13-11-19)27(33)21-7-5-6-17(2)14-21/h5-9,14-15,18-19,24H,4,10-13,16H2,1-3H3,(H,28,32)(H,29,31)/t18-,24+/m0/s1. The second-order valence-corrected chi connectivity index (χ2v) is 9.34. The predicted octanol–water partition coefficient (Wildman–Crippen LogP) is 3.29. The summed E-state index contributed by atoms with van der Waals surface area (Å²) in [7, 11) is 0. The van der Waals surface area contributed by atoms with Gasteiger partial charge in [0.05, 0.1) is 0 Å². The van der Waals surface area contributed by atoms with Crippen molar-refractivity contribution in [3.8, 4) is 11.5 Å². The lowest BCUT2D eigenvalue weighted by Gasteiger charge is -2.36. The summed E-state index contributed by atoms with van der Waals surface area (Å²) in [6.07, 6.45) is 2.03. The maximum absolute atomic E-state index is 13.2. The third-order valence-corrected chi connectivity index (χ3v) is 6.77. The molecular formula is C27H33N3O5. The summed E-state index contributed by atoms with van der Waals surface area (Å²) in [5.41, 5.74) is 2.12. The van der Waals surface area contributed by atoms with Gasteiger partial charge in [0.15, 0.2) is 11.5 Å². The molecule has 2 atom stereocenters. The van der Waals surface area contributed by atoms with Crippen LogP contribution in [0.3, 0.4) is 0 Å². The van der Waals surface area contributed by atoms with Crippen LogP contribution < -0.4 is 20.1 Å². The average molecular weight is 480 g/mol. The normalized spacial score (nSPS) is 16.9. The number of aryl methyl sites for hydroxylation is 1. The van der Waals surface area contributed by atoms with Crippen LogP contribution in [0.5, 0.6) is 11.5 Å². The van der Waals surface area contributed by atoms with E-state index in [1.807, 2.05) is 49.9 Å². The van der Waals surface area contributed by atoms with E-state index in [1.54, 1.807) is 18.2 Å². The summed E-state index contributed by atoms with van der Waals surface area (Å²) in [6.45, 7) is 7.10. The number of carbonyl (C=O) groups is 3. The monoisotopic (exact) mass is 479 g/mol. The van der Waals surface area contributed by atoms with E-state index in [4.69, 9.17) is 9.47 Å². The quantitative estimate of drug-likeness (QED) is 0.635. The Labute approximate surface area is 206 Å². The summed E-state index contributed by atoms with van der Waals surface area (Å²) in [6, 6.07) is 11.9. The molecule has 0 saturated carbocycles. The van der Waals surface area contributed by atoms with Gasteiger partial charge in [0.2, 0.25) is 12.7 Å². The molecule has 8 nitrogen and oxygen atoms in total. The highest BCUT2D eigenvalue weighted by Gasteiger charge is 2.34. The lowest BCUT2D eigenvalue weighted by atomic mass is 9.88. The molecule has 1 saturated heterocycles. The fourth-order valence-corrected chi connectivity index (χ4v) is 4.49. The number of piperidine rings is 1. The molecule has 3 amide bonds. The molecule has 0 spiro atoms. The number of nitrogens with one attached hydrogen (secondary N) is 2. The smallest absolute Gasteiger partial charge is 0.253 e. The van der Waals surface area contributed by atoms with Gasteiger partial charge >= 0.3 is 0 Å². The first-order chi connectivity index (χ1) is 16.9. The summed E-state index contributed by atoms with van der Waals surface area (Å²) < 4.78 is 10.7. The topological polar surface area (TPSA) is 97.0 Å². The highest BCUT2D eigenvalue weighted by molar-refractivity contribution is 5.98. The SMILES string of the molecule is CC[C@H](C)NC(=O)[C@H](NC(=O)c1ccc2c(c1)OCO2)C1CCN(C(=O)c2cccc(C)c2)CC1. The van der Waals surface area contributed by atoms with Gasteiger partial charge in [0.25, 0.3) is 11.8 Å². The van der Waals surface area contributed by atoms with Crippen LogP contribution in [0, 0.1) is 12.8 Å². The van der Waals surface area contributed by atoms with E-state index in [-0.39, 0.29) is 36.5 Å². The third kappa shape index (κ3) is 5.75. The molecule has 0 radical (unpaired) electrons. The number of likely N-dealkylation sites (tertiary alicyclic amines) is 1. The van der Waals surface area contributed by atoms with Crippen LogP contribution in [-0.4, -0.2) is 54.6 Å². The fraction of sp³-hybridized carbons (Fsp3) is 0.444. The Kier molecular flexibility index (Phi) is 7.58. The number of benzene rings is 2. The molecule has 1 fully saturated rings. The van der Waals surface area contributed by atoms with Crippen molar-refractivity contribution in [1.29, 1.82) is 0 Å². The Bertz CT molecular complexity index is 1090. The molecule has 35 heavy (non-hydrogen) atoms. The molecule has 4 rings (SSSR count). The molecule has 0 aliphatic carbocycles. The van der Waals surface area contributed by atoms with E-state index in [2.05, 4.69) is 10.6 Å². The number of rotatable bonds is 7. The van der Waals surface area contributed by atoms with Gasteiger partial charge in [-0.3, -0.25) is 14.4 Å². The van der Waals surface area contributed by atoms with Gasteiger partial charge in [-0.15, -0.1) is 0 Å². The van der Waals surface area contributed by atoms with Crippen LogP contribution in [0.25, 0.3) is 0 Å². The van der Waals surface area contributed by atoms with Gasteiger partial charge in [0.1, 0.15) is 6.04 Å². The highest BCUT2D eigenvalue weighted by Crippen LogP contribution is 2.32. The molecule has 2 heterocycles. The molecule has 0 aromatic heterocycles. The van der Waals surface area contributed by atoms with Gasteiger partial charge in [-0.25, -0.2) is 0 Å². The first kappa shape index (κ1) is 24.6. The van der Waals surface area contributed by atoms with Crippen molar-refractivity contribution in [2.75, 3.05) is 19.9 Å². The zero-order valence-corrected chi connectivity index (χ0v) is 20.5. The molecule has 2 aliphatic heterocycles. The molecule has 2 aromatic rings. The van der Waals surface area contributed by atoms with Crippen LogP contribution in [0.2, 0.25) is 0 Å². The Morgan fingerprint density at radius 3 is 2.46 bits per heavy atom. The van der Waals surface area contributed by atoms with Crippen LogP contribution >= 0.6 is 0 Å². The number of hydrogen-bond acceptors (Lipinski definition) is 5. The Balaban J connectivity index is 1.45. The average Bonchev–Trinajstić information content (AvgIpc) is 3.34. The Morgan fingerprint density at radius 1 is 1.00 bits per heavy atom. The number of nitrogens with zero attached hydrogens (tertiary/aromatic N) is 1. The largest absolute Gasteiger partial charge is 0.454 e. The van der Waals surface area contributed by atoms with Crippen molar-refractivity contribution in [3.05, 3.63) is 59.2 Å². The molecule has 186 valence electrons. The number of carbonyl (C=O) groups excluding carboxylic acids is 3. The predicted molar refractivity (Wildman–Crippen MR) is 132 cm³/mol. The van der Waals surface area contributed by atoms with Crippen molar-refractivity contribution < 1.29 is 23.9 Å². The minimum atomic E-state index is -0.696. The molecular weight excluding hydrogens is 446 g/mol. The lowest BCUT2D eigenvalue weighted by molar-refractivity contribution is -0.125. The minimum absolute atomic E-state index is 0.00264. The first-order valence-electron chi connectivity index (χ1n) is 12.2. The van der Waals surface area contributed by atoms with Crippen molar-refractivity contribution in [2.24, 2.45) is 5.92 Å². The molecule has 2 N–H and O–H groups in total. The summed E-state index contributed by atoms with van der Waals surface area (Å²) in [5.74, 6) is 0.484. The summed E-state index contributed by atoms with van der Waals surface area (Å²) in [4.78, 5) is 41.1. The van der Waals surface area contributed by atoms with E-state index in [0.717, 1.165) is 12.0 Å². The molecule has 8 heteroatoms. The van der Waals surface area contributed by atoms with E-state index in [9.17, 15) is 14.4 Å². The first-order valence-corrected chi connectivity index (χ1v) is 12.2. The van der Waals surface area contributed by atoms with E-state index in [1.165, 1.54) is 0 Å². The van der Waals surface area contributed by atoms with Crippen molar-refractivity contribution in [3.63, 3.8) is 0 Å². The van der Waals surface area contributed by atoms with E-state index in [0.29, 0.717) is 48.6 Å². The summed E-state index contributed by atoms with van der Waals surface area (Å²) >= 11 is 0. The molecule has 2 aromatic carbocycles. The molecule has 0 unspecified atom stereocenters. The number of amides is 3. The van der Waals surface area contributed by atoms with Crippen LogP contribution in [0.1, 0.15) is 59.4 Å². The van der Waals surface area contributed by atoms with Crippen molar-refractivity contribution >= 4 is 17.7 Å². The second-order valence-electron chi connectivity index (χ2n) is 9.34. The molecule has 0 bridgehead atoms. The Morgan fingerprint density at radius 2 is 1.74 bits per heavy atom. The van der Waals surface area contributed by atoms with Gasteiger partial charge < -0.3 is 25.0 Å². The van der Waals surface area contributed by atoms with Crippen LogP contribution in [-0.2, 0) is 4.79 Å². The van der Waals surface area contributed by atoms with Crippen molar-refractivity contribution in [2.45, 2.75) is 52.1 Å². The highest BCUT2D eigenvalue weighted by atomic mass is 16.7. The third-order valence-electron chi connectivity index (χ3n) is 6.77. The fourth-order valence-electron chi connectivity index (χ4n) is 4.49. The summed E-state index contributed by atoms with van der Waals surface area (Å²) in [5, 5.41) is 5.97. The minimum Gasteiger partial charge on any atom is -0.454 e. The van der Waals surface area contributed by atoms with Crippen LogP contribution in [0.15, 0.2) is 42.5 Å². The second kappa shape index (κ2) is 10.8. The van der Waals surface area contributed by atoms with E-state index < -0.39 is 6.04 Å². The maximum Gasteiger partial charge on any atom is 0.253 e. The molecule has 2 aliphatic rings. The van der Waals surface area contributed by atoms with Crippen molar-refractivity contribution in [1.82, 2.24) is 15.5 Å². The zero-order chi connectivity index (χ0) is 24.9. The van der Waals surface area contributed by atoms with Crippen LogP contribution in [0.4, 0.5) is 0 Å². The Hall–Kier alpha value is -3.55. The van der Waals surface area contributed by atoms with Gasteiger partial charge in [0, 0.05) is 30.3 Å². The number of ether oxygens (including phenoxy) is 2. The lowest BCUT2D eigenvalue weighted by Crippen LogP contribution is -2.55. The maximum atomic E-state index is 13.2. The number of hydrogen-bond donors (Lipinski definition) is 2. The number of fused-ring (bicyclic) bond motifs is 1. The van der Waals surface area contributed by atoms with Gasteiger partial charge in [-0.1, -0.05) is 24.6 Å². The van der Waals surface area contributed by atoms with Gasteiger partial charge in [-0.05, 0) is 69.4 Å². The van der Waals surface area contributed by atoms with E-state index >= 15 is 0 Å². The zero-order valence-electron chi connectivity index (χ0n) is 20.5.